The van der Waals surface area contributed by atoms with E-state index in [4.69, 9.17) is 16.3 Å². The predicted octanol–water partition coefficient (Wildman–Crippen LogP) is 4.59. The van der Waals surface area contributed by atoms with Crippen molar-refractivity contribution in [1.82, 2.24) is 5.32 Å². The molecule has 1 atom stereocenters. The minimum atomic E-state index is 0.0941. The van der Waals surface area contributed by atoms with Crippen molar-refractivity contribution in [2.24, 2.45) is 5.41 Å². The van der Waals surface area contributed by atoms with Crippen molar-refractivity contribution in [2.45, 2.75) is 52.2 Å². The van der Waals surface area contributed by atoms with Gasteiger partial charge >= 0.3 is 0 Å². The third-order valence-corrected chi connectivity index (χ3v) is 3.80. The summed E-state index contributed by atoms with van der Waals surface area (Å²) in [5.74, 6) is 0. The Morgan fingerprint density at radius 2 is 2.10 bits per heavy atom. The van der Waals surface area contributed by atoms with E-state index in [1.165, 1.54) is 18.4 Å². The van der Waals surface area contributed by atoms with Crippen LogP contribution in [0.15, 0.2) is 24.3 Å². The van der Waals surface area contributed by atoms with Gasteiger partial charge in [-0.1, -0.05) is 44.5 Å². The molecule has 0 radical (unpaired) electrons. The van der Waals surface area contributed by atoms with Crippen molar-refractivity contribution in [2.75, 3.05) is 13.2 Å². The number of nitrogens with one attached hydrogen (secondary N) is 1. The van der Waals surface area contributed by atoms with Crippen LogP contribution in [0.1, 0.15) is 51.7 Å². The average Bonchev–Trinajstić information content (AvgIpc) is 3.16. The Morgan fingerprint density at radius 3 is 2.70 bits per heavy atom. The Kier molecular flexibility index (Phi) is 5.48. The average molecular weight is 296 g/mol. The van der Waals surface area contributed by atoms with Gasteiger partial charge in [0.25, 0.3) is 0 Å². The normalized spacial score (nSPS) is 17.2. The molecule has 1 aromatic rings. The second kappa shape index (κ2) is 6.93. The van der Waals surface area contributed by atoms with Crippen LogP contribution in [0.25, 0.3) is 0 Å². The first kappa shape index (κ1) is 15.8. The molecule has 1 fully saturated rings. The predicted molar refractivity (Wildman–Crippen MR) is 85.2 cm³/mol. The number of halogens is 1. The van der Waals surface area contributed by atoms with Gasteiger partial charge in [0.15, 0.2) is 0 Å². The highest BCUT2D eigenvalue weighted by Gasteiger charge is 2.23. The minimum Gasteiger partial charge on any atom is -0.372 e. The Hall–Kier alpha value is -0.570. The molecule has 0 heterocycles. The highest BCUT2D eigenvalue weighted by molar-refractivity contribution is 6.30. The third kappa shape index (κ3) is 5.82. The molecule has 0 aromatic heterocycles. The van der Waals surface area contributed by atoms with Gasteiger partial charge in [0, 0.05) is 24.2 Å². The zero-order valence-electron chi connectivity index (χ0n) is 12.8. The highest BCUT2D eigenvalue weighted by Crippen LogP contribution is 2.25. The van der Waals surface area contributed by atoms with Crippen LogP contribution in [0.5, 0.6) is 0 Å². The van der Waals surface area contributed by atoms with E-state index in [-0.39, 0.29) is 6.10 Å². The largest absolute Gasteiger partial charge is 0.372 e. The summed E-state index contributed by atoms with van der Waals surface area (Å²) in [7, 11) is 0. The number of ether oxygens (including phenoxy) is 1. The van der Waals surface area contributed by atoms with Crippen LogP contribution < -0.4 is 5.32 Å². The van der Waals surface area contributed by atoms with Gasteiger partial charge in [-0.15, -0.1) is 0 Å². The third-order valence-electron chi connectivity index (χ3n) is 3.56. The van der Waals surface area contributed by atoms with Gasteiger partial charge in [-0.05, 0) is 42.4 Å². The lowest BCUT2D eigenvalue weighted by Crippen LogP contribution is -2.26. The van der Waals surface area contributed by atoms with Crippen molar-refractivity contribution >= 4 is 11.6 Å². The minimum absolute atomic E-state index is 0.0941. The maximum atomic E-state index is 6.12. The zero-order valence-corrected chi connectivity index (χ0v) is 13.5. The van der Waals surface area contributed by atoms with Crippen molar-refractivity contribution < 1.29 is 4.74 Å². The monoisotopic (exact) mass is 295 g/mol. The van der Waals surface area contributed by atoms with Gasteiger partial charge in [0.05, 0.1) is 6.10 Å². The molecule has 20 heavy (non-hydrogen) atoms. The van der Waals surface area contributed by atoms with Gasteiger partial charge in [0.1, 0.15) is 0 Å². The molecule has 1 aromatic carbocycles. The first-order valence-corrected chi connectivity index (χ1v) is 7.92. The van der Waals surface area contributed by atoms with Crippen LogP contribution in [0.3, 0.4) is 0 Å². The highest BCUT2D eigenvalue weighted by atomic mass is 35.5. The van der Waals surface area contributed by atoms with Crippen molar-refractivity contribution in [3.8, 4) is 0 Å². The summed E-state index contributed by atoms with van der Waals surface area (Å²) in [5.41, 5.74) is 1.47. The lowest BCUT2D eigenvalue weighted by atomic mass is 9.93. The molecule has 1 aliphatic carbocycles. The van der Waals surface area contributed by atoms with Crippen LogP contribution in [0.2, 0.25) is 5.02 Å². The summed E-state index contributed by atoms with van der Waals surface area (Å²) < 4.78 is 6.12. The number of hydrogen-bond donors (Lipinski definition) is 1. The number of rotatable bonds is 7. The first-order chi connectivity index (χ1) is 9.44. The number of benzene rings is 1. The Balaban J connectivity index is 1.92. The second-order valence-electron chi connectivity index (χ2n) is 6.91. The fourth-order valence-electron chi connectivity index (χ4n) is 2.05. The van der Waals surface area contributed by atoms with Crippen molar-refractivity contribution in [3.05, 3.63) is 34.9 Å². The fourth-order valence-corrected chi connectivity index (χ4v) is 2.25. The van der Waals surface area contributed by atoms with E-state index in [2.05, 4.69) is 32.2 Å². The summed E-state index contributed by atoms with van der Waals surface area (Å²) >= 11 is 6.09. The molecular weight excluding hydrogens is 270 g/mol. The molecule has 1 unspecified atom stereocenters. The molecule has 1 saturated carbocycles. The van der Waals surface area contributed by atoms with Gasteiger partial charge in [0.2, 0.25) is 0 Å². The SMILES string of the molecule is CC(C)(C)CCOC(CNC1CC1)c1cccc(Cl)c1. The maximum absolute atomic E-state index is 6.12. The molecule has 2 rings (SSSR count). The van der Waals surface area contributed by atoms with E-state index in [0.717, 1.165) is 24.6 Å². The molecule has 2 nitrogen and oxygen atoms in total. The van der Waals surface area contributed by atoms with E-state index >= 15 is 0 Å². The first-order valence-electron chi connectivity index (χ1n) is 7.54. The zero-order chi connectivity index (χ0) is 14.6. The van der Waals surface area contributed by atoms with Crippen LogP contribution in [0.4, 0.5) is 0 Å². The van der Waals surface area contributed by atoms with Crippen LogP contribution >= 0.6 is 11.6 Å². The molecule has 0 aliphatic heterocycles. The van der Waals surface area contributed by atoms with Crippen molar-refractivity contribution in [3.63, 3.8) is 0 Å². The molecule has 0 saturated heterocycles. The van der Waals surface area contributed by atoms with Gasteiger partial charge in [-0.25, -0.2) is 0 Å². The van der Waals surface area contributed by atoms with E-state index < -0.39 is 0 Å². The van der Waals surface area contributed by atoms with E-state index in [1.54, 1.807) is 0 Å². The fraction of sp³-hybridized carbons (Fsp3) is 0.647. The molecule has 1 aliphatic rings. The molecule has 112 valence electrons. The Bertz CT molecular complexity index is 423. The standard InChI is InChI=1S/C17H26ClNO/c1-17(2,3)9-10-20-16(12-19-15-7-8-15)13-5-4-6-14(18)11-13/h4-6,11,15-16,19H,7-10,12H2,1-3H3. The topological polar surface area (TPSA) is 21.3 Å². The summed E-state index contributed by atoms with van der Waals surface area (Å²) in [6, 6.07) is 8.71. The Labute approximate surface area is 127 Å². The summed E-state index contributed by atoms with van der Waals surface area (Å²) in [6.45, 7) is 8.38. The van der Waals surface area contributed by atoms with Gasteiger partial charge in [-0.3, -0.25) is 0 Å². The van der Waals surface area contributed by atoms with Crippen LogP contribution in [0, 0.1) is 5.41 Å². The van der Waals surface area contributed by atoms with Gasteiger partial charge in [-0.2, -0.15) is 0 Å². The van der Waals surface area contributed by atoms with E-state index in [1.807, 2.05) is 18.2 Å². The quantitative estimate of drug-likeness (QED) is 0.794. The molecule has 0 spiro atoms. The summed E-state index contributed by atoms with van der Waals surface area (Å²) in [5, 5.41) is 4.33. The molecular formula is C17H26ClNO. The lowest BCUT2D eigenvalue weighted by molar-refractivity contribution is 0.0367. The van der Waals surface area contributed by atoms with Gasteiger partial charge < -0.3 is 10.1 Å². The number of hydrogen-bond acceptors (Lipinski definition) is 2. The smallest absolute Gasteiger partial charge is 0.0949 e. The molecule has 3 heteroatoms. The maximum Gasteiger partial charge on any atom is 0.0949 e. The Morgan fingerprint density at radius 1 is 1.35 bits per heavy atom. The lowest BCUT2D eigenvalue weighted by Gasteiger charge is -2.23. The van der Waals surface area contributed by atoms with Crippen LogP contribution in [-0.2, 0) is 4.74 Å². The second-order valence-corrected chi connectivity index (χ2v) is 7.34. The molecule has 1 N–H and O–H groups in total. The summed E-state index contributed by atoms with van der Waals surface area (Å²) in [6.07, 6.45) is 3.75. The van der Waals surface area contributed by atoms with Crippen LogP contribution in [-0.4, -0.2) is 19.2 Å². The molecule has 0 amide bonds. The molecule has 0 bridgehead atoms. The summed E-state index contributed by atoms with van der Waals surface area (Å²) in [4.78, 5) is 0. The van der Waals surface area contributed by atoms with E-state index in [0.29, 0.717) is 11.5 Å². The van der Waals surface area contributed by atoms with Crippen molar-refractivity contribution in [1.29, 1.82) is 0 Å². The van der Waals surface area contributed by atoms with E-state index in [9.17, 15) is 0 Å².